The van der Waals surface area contributed by atoms with Crippen LogP contribution in [0.25, 0.3) is 0 Å². The molecule has 0 heterocycles. The second-order valence-corrected chi connectivity index (χ2v) is 9.31. The van der Waals surface area contributed by atoms with Crippen molar-refractivity contribution in [1.29, 1.82) is 0 Å². The average Bonchev–Trinajstić information content (AvgIpc) is 2.33. The number of halogens is 2. The molecule has 0 N–H and O–H groups in total. The van der Waals surface area contributed by atoms with Crippen molar-refractivity contribution >= 4 is 41.9 Å². The number of rotatable bonds is 7. The molecule has 0 aliphatic heterocycles. The predicted octanol–water partition coefficient (Wildman–Crippen LogP) is 3.42. The Hall–Kier alpha value is 0.0500. The van der Waals surface area contributed by atoms with Gasteiger partial charge in [0.25, 0.3) is 0 Å². The number of hydrogen-bond acceptors (Lipinski definition) is 3. The van der Waals surface area contributed by atoms with Gasteiger partial charge in [0, 0.05) is 28.6 Å². The third-order valence-electron chi connectivity index (χ3n) is 2.88. The Bertz CT molecular complexity index is 574. The fourth-order valence-electron chi connectivity index (χ4n) is 1.85. The number of likely N-dealkylation sites (N-methyl/N-ethyl adjacent to an activating group) is 1. The summed E-state index contributed by atoms with van der Waals surface area (Å²) in [4.78, 5) is 2.30. The van der Waals surface area contributed by atoms with Crippen LogP contribution in [0.3, 0.4) is 0 Å². The minimum atomic E-state index is -3.50. The molecule has 21 heavy (non-hydrogen) atoms. The maximum Gasteiger partial charge on any atom is 0.244 e. The summed E-state index contributed by atoms with van der Waals surface area (Å²) in [5, 5.41) is 0. The summed E-state index contributed by atoms with van der Waals surface area (Å²) in [6, 6.07) is 5.13. The highest BCUT2D eigenvalue weighted by Gasteiger charge is 2.27. The van der Waals surface area contributed by atoms with E-state index < -0.39 is 10.0 Å². The molecular weight excluding hydrogens is 420 g/mol. The molecule has 0 unspecified atom stereocenters. The van der Waals surface area contributed by atoms with Crippen LogP contribution in [0.15, 0.2) is 32.0 Å². The van der Waals surface area contributed by atoms with Crippen LogP contribution in [0, 0.1) is 5.92 Å². The van der Waals surface area contributed by atoms with Crippen LogP contribution in [0.4, 0.5) is 0 Å². The highest BCUT2D eigenvalue weighted by molar-refractivity contribution is 9.11. The molecule has 0 fully saturated rings. The molecule has 0 aromatic heterocycles. The number of hydrogen-bond donors (Lipinski definition) is 0. The van der Waals surface area contributed by atoms with Crippen LogP contribution >= 0.6 is 31.9 Å². The van der Waals surface area contributed by atoms with Gasteiger partial charge in [0.1, 0.15) is 0 Å². The van der Waals surface area contributed by atoms with E-state index in [1.165, 1.54) is 0 Å². The van der Waals surface area contributed by atoms with Gasteiger partial charge in [0.05, 0.1) is 4.90 Å². The summed E-state index contributed by atoms with van der Waals surface area (Å²) in [5.41, 5.74) is 0. The first-order valence-corrected chi connectivity index (χ1v) is 9.77. The summed E-state index contributed by atoms with van der Waals surface area (Å²) in [7, 11) is 0.380. The zero-order chi connectivity index (χ0) is 16.2. The first kappa shape index (κ1) is 19.1. The first-order chi connectivity index (χ1) is 9.64. The molecule has 0 saturated heterocycles. The summed E-state index contributed by atoms with van der Waals surface area (Å²) < 4.78 is 28.7. The van der Waals surface area contributed by atoms with Gasteiger partial charge in [0.15, 0.2) is 0 Å². The molecule has 0 bridgehead atoms. The second-order valence-electron chi connectivity index (χ2n) is 5.63. The molecule has 1 rings (SSSR count). The Labute approximate surface area is 144 Å². The van der Waals surface area contributed by atoms with Crippen molar-refractivity contribution in [2.24, 2.45) is 5.92 Å². The van der Waals surface area contributed by atoms with E-state index in [0.29, 0.717) is 29.0 Å². The van der Waals surface area contributed by atoms with Crippen LogP contribution in [0.1, 0.15) is 13.8 Å². The van der Waals surface area contributed by atoms with Gasteiger partial charge in [0.2, 0.25) is 10.0 Å². The van der Waals surface area contributed by atoms with Crippen molar-refractivity contribution in [1.82, 2.24) is 9.21 Å². The molecule has 0 spiro atoms. The molecule has 0 radical (unpaired) electrons. The Balaban J connectivity index is 3.13. The molecule has 7 heteroatoms. The monoisotopic (exact) mass is 440 g/mol. The van der Waals surface area contributed by atoms with Crippen molar-refractivity contribution in [2.45, 2.75) is 18.7 Å². The van der Waals surface area contributed by atoms with E-state index in [2.05, 4.69) is 31.9 Å². The lowest BCUT2D eigenvalue weighted by Crippen LogP contribution is -2.39. The third-order valence-corrected chi connectivity index (χ3v) is 6.21. The van der Waals surface area contributed by atoms with Crippen molar-refractivity contribution in [3.8, 4) is 0 Å². The van der Waals surface area contributed by atoms with Gasteiger partial charge in [-0.3, -0.25) is 0 Å². The maximum atomic E-state index is 12.9. The fourth-order valence-corrected chi connectivity index (χ4v) is 5.15. The highest BCUT2D eigenvalue weighted by atomic mass is 79.9. The van der Waals surface area contributed by atoms with Crippen LogP contribution in [0.5, 0.6) is 0 Å². The van der Waals surface area contributed by atoms with E-state index in [-0.39, 0.29) is 5.92 Å². The van der Waals surface area contributed by atoms with Gasteiger partial charge >= 0.3 is 0 Å². The molecule has 1 aromatic carbocycles. The third kappa shape index (κ3) is 5.63. The smallest absolute Gasteiger partial charge is 0.244 e. The zero-order valence-corrected chi connectivity index (χ0v) is 16.8. The molecule has 0 saturated carbocycles. The lowest BCUT2D eigenvalue weighted by atomic mass is 10.2. The number of sulfonamides is 1. The standard InChI is InChI=1S/C14H22Br2N2O2S/c1-11(2)10-18(8-7-17(3)4)21(19,20)14-6-5-12(15)9-13(14)16/h5-6,9,11H,7-8,10H2,1-4H3. The van der Waals surface area contributed by atoms with Gasteiger partial charge in [-0.2, -0.15) is 4.31 Å². The van der Waals surface area contributed by atoms with Gasteiger partial charge in [-0.25, -0.2) is 8.42 Å². The molecular formula is C14H22Br2N2O2S. The van der Waals surface area contributed by atoms with E-state index in [0.717, 1.165) is 4.47 Å². The topological polar surface area (TPSA) is 40.6 Å². The lowest BCUT2D eigenvalue weighted by Gasteiger charge is -2.26. The molecule has 0 atom stereocenters. The van der Waals surface area contributed by atoms with E-state index in [9.17, 15) is 8.42 Å². The minimum Gasteiger partial charge on any atom is -0.308 e. The fraction of sp³-hybridized carbons (Fsp3) is 0.571. The highest BCUT2D eigenvalue weighted by Crippen LogP contribution is 2.28. The van der Waals surface area contributed by atoms with Gasteiger partial charge in [-0.1, -0.05) is 29.8 Å². The average molecular weight is 442 g/mol. The second kappa shape index (κ2) is 8.06. The minimum absolute atomic E-state index is 0.274. The van der Waals surface area contributed by atoms with Crippen LogP contribution in [0.2, 0.25) is 0 Å². The van der Waals surface area contributed by atoms with E-state index in [1.807, 2.05) is 32.8 Å². The Morgan fingerprint density at radius 1 is 1.14 bits per heavy atom. The van der Waals surface area contributed by atoms with Crippen LogP contribution in [-0.2, 0) is 10.0 Å². The lowest BCUT2D eigenvalue weighted by molar-refractivity contribution is 0.312. The molecule has 120 valence electrons. The van der Waals surface area contributed by atoms with Crippen molar-refractivity contribution < 1.29 is 8.42 Å². The summed E-state index contributed by atoms with van der Waals surface area (Å²) in [6.45, 7) is 5.73. The van der Waals surface area contributed by atoms with Crippen molar-refractivity contribution in [3.63, 3.8) is 0 Å². The summed E-state index contributed by atoms with van der Waals surface area (Å²) in [6.07, 6.45) is 0. The van der Waals surface area contributed by atoms with Gasteiger partial charge < -0.3 is 4.90 Å². The maximum absolute atomic E-state index is 12.9. The molecule has 0 aliphatic carbocycles. The number of benzene rings is 1. The number of nitrogens with zero attached hydrogens (tertiary/aromatic N) is 2. The van der Waals surface area contributed by atoms with E-state index in [1.54, 1.807) is 22.5 Å². The van der Waals surface area contributed by atoms with Crippen molar-refractivity contribution in [3.05, 3.63) is 27.1 Å². The van der Waals surface area contributed by atoms with Gasteiger partial charge in [-0.15, -0.1) is 0 Å². The zero-order valence-electron chi connectivity index (χ0n) is 12.8. The summed E-state index contributed by atoms with van der Waals surface area (Å²) in [5.74, 6) is 0.274. The predicted molar refractivity (Wildman–Crippen MR) is 94.0 cm³/mol. The van der Waals surface area contributed by atoms with E-state index >= 15 is 0 Å². The molecule has 0 aliphatic rings. The summed E-state index contributed by atoms with van der Waals surface area (Å²) >= 11 is 6.70. The normalized spacial score (nSPS) is 12.6. The quantitative estimate of drug-likeness (QED) is 0.650. The van der Waals surface area contributed by atoms with E-state index in [4.69, 9.17) is 0 Å². The van der Waals surface area contributed by atoms with Crippen molar-refractivity contribution in [2.75, 3.05) is 33.7 Å². The molecule has 4 nitrogen and oxygen atoms in total. The van der Waals surface area contributed by atoms with Crippen LogP contribution in [-0.4, -0.2) is 51.4 Å². The first-order valence-electron chi connectivity index (χ1n) is 6.74. The van der Waals surface area contributed by atoms with Gasteiger partial charge in [-0.05, 0) is 54.1 Å². The Morgan fingerprint density at radius 2 is 1.76 bits per heavy atom. The molecule has 0 amide bonds. The SMILES string of the molecule is CC(C)CN(CCN(C)C)S(=O)(=O)c1ccc(Br)cc1Br. The molecule has 1 aromatic rings. The Morgan fingerprint density at radius 3 is 2.24 bits per heavy atom. The largest absolute Gasteiger partial charge is 0.308 e. The van der Waals surface area contributed by atoms with Crippen LogP contribution < -0.4 is 0 Å². The Kier molecular flexibility index (Phi) is 7.33.